The number of furan rings is 1. The first-order chi connectivity index (χ1) is 15.0. The van der Waals surface area contributed by atoms with Crippen LogP contribution in [0.25, 0.3) is 31.5 Å². The van der Waals surface area contributed by atoms with Gasteiger partial charge in [-0.1, -0.05) is 11.6 Å². The molecule has 4 nitrogen and oxygen atoms in total. The van der Waals surface area contributed by atoms with E-state index >= 15 is 0 Å². The summed E-state index contributed by atoms with van der Waals surface area (Å²) in [5.41, 5.74) is 0.996. The lowest BCUT2D eigenvalue weighted by atomic mass is 10.1. The molecule has 7 heteroatoms. The number of carbonyl (C=O) groups excluding carboxylic acids is 1. The number of anilines is 1. The third-order valence-electron chi connectivity index (χ3n) is 4.85. The lowest BCUT2D eigenvalue weighted by molar-refractivity contribution is 0.0997. The van der Waals surface area contributed by atoms with Gasteiger partial charge in [-0.15, -0.1) is 11.3 Å². The third kappa shape index (κ3) is 3.71. The van der Waals surface area contributed by atoms with Gasteiger partial charge in [0.25, 0.3) is 5.91 Å². The van der Waals surface area contributed by atoms with Gasteiger partial charge in [0.05, 0.1) is 0 Å². The van der Waals surface area contributed by atoms with Crippen LogP contribution in [0.2, 0.25) is 5.02 Å². The molecule has 31 heavy (non-hydrogen) atoms. The molecule has 0 radical (unpaired) electrons. The summed E-state index contributed by atoms with van der Waals surface area (Å²) in [6.07, 6.45) is 0. The Hall–Kier alpha value is -3.48. The van der Waals surface area contributed by atoms with Crippen LogP contribution in [0.4, 0.5) is 10.1 Å². The Labute approximate surface area is 184 Å². The van der Waals surface area contributed by atoms with Crippen LogP contribution in [0.3, 0.4) is 0 Å². The number of rotatable bonds is 3. The number of benzene rings is 3. The lowest BCUT2D eigenvalue weighted by Crippen LogP contribution is -2.11. The van der Waals surface area contributed by atoms with Crippen LogP contribution in [-0.4, -0.2) is 5.91 Å². The summed E-state index contributed by atoms with van der Waals surface area (Å²) in [5.74, 6) is -0.239. The highest BCUT2D eigenvalue weighted by molar-refractivity contribution is 7.24. The van der Waals surface area contributed by atoms with Crippen molar-refractivity contribution < 1.29 is 13.6 Å². The van der Waals surface area contributed by atoms with Crippen LogP contribution in [0.15, 0.2) is 82.0 Å². The van der Waals surface area contributed by atoms with Gasteiger partial charge in [0.15, 0.2) is 11.2 Å². The van der Waals surface area contributed by atoms with Gasteiger partial charge in [-0.05, 0) is 72.8 Å². The van der Waals surface area contributed by atoms with E-state index in [9.17, 15) is 14.0 Å². The predicted molar refractivity (Wildman–Crippen MR) is 123 cm³/mol. The van der Waals surface area contributed by atoms with Gasteiger partial charge in [0.1, 0.15) is 11.6 Å². The van der Waals surface area contributed by atoms with Crippen LogP contribution >= 0.6 is 22.9 Å². The minimum atomic E-state index is -0.451. The number of nitrogens with one attached hydrogen (secondary N) is 1. The van der Waals surface area contributed by atoms with E-state index in [1.165, 1.54) is 23.5 Å². The van der Waals surface area contributed by atoms with Gasteiger partial charge in [0.2, 0.25) is 0 Å². The van der Waals surface area contributed by atoms with Crippen LogP contribution in [0.1, 0.15) is 10.6 Å². The highest BCUT2D eigenvalue weighted by Crippen LogP contribution is 2.29. The van der Waals surface area contributed by atoms with Gasteiger partial charge in [-0.2, -0.15) is 0 Å². The molecule has 0 aliphatic heterocycles. The Morgan fingerprint density at radius 3 is 2.39 bits per heavy atom. The minimum absolute atomic E-state index is 0.106. The molecule has 1 amide bonds. The Kier molecular flexibility index (Phi) is 4.81. The van der Waals surface area contributed by atoms with Gasteiger partial charge in [-0.3, -0.25) is 9.59 Å². The molecular formula is C24H13ClFNO3S. The van der Waals surface area contributed by atoms with Crippen LogP contribution in [-0.2, 0) is 0 Å². The van der Waals surface area contributed by atoms with E-state index in [-0.39, 0.29) is 17.0 Å². The number of carbonyl (C=O) groups is 1. The minimum Gasteiger partial charge on any atom is -0.451 e. The zero-order valence-corrected chi connectivity index (χ0v) is 17.4. The van der Waals surface area contributed by atoms with E-state index in [0.29, 0.717) is 32.8 Å². The number of amides is 1. The maximum absolute atomic E-state index is 13.1. The first kappa shape index (κ1) is 19.5. The molecule has 152 valence electrons. The van der Waals surface area contributed by atoms with Crippen LogP contribution < -0.4 is 10.7 Å². The van der Waals surface area contributed by atoms with E-state index in [4.69, 9.17) is 16.0 Å². The maximum atomic E-state index is 13.1. The van der Waals surface area contributed by atoms with Crippen molar-refractivity contribution >= 4 is 54.7 Å². The standard InChI is InChI=1S/C24H13ClFNO3S/c25-14-3-9-21-17(11-14)23(28)18-12-16(6-10-22(18)31-21)27-24(29)20-8-7-19(30-20)13-1-4-15(26)5-2-13/h1-12H,(H,27,29). The van der Waals surface area contributed by atoms with Crippen LogP contribution in [0, 0.1) is 5.82 Å². The van der Waals surface area contributed by atoms with E-state index < -0.39 is 5.91 Å². The fourth-order valence-corrected chi connectivity index (χ4v) is 4.53. The number of hydrogen-bond donors (Lipinski definition) is 1. The summed E-state index contributed by atoms with van der Waals surface area (Å²) in [6, 6.07) is 19.4. The zero-order chi connectivity index (χ0) is 21.5. The summed E-state index contributed by atoms with van der Waals surface area (Å²) in [4.78, 5) is 25.6. The van der Waals surface area contributed by atoms with Gasteiger partial charge in [-0.25, -0.2) is 4.39 Å². The van der Waals surface area contributed by atoms with Gasteiger partial charge in [0, 0.05) is 36.4 Å². The molecule has 0 spiro atoms. The molecule has 5 aromatic rings. The quantitative estimate of drug-likeness (QED) is 0.311. The van der Waals surface area contributed by atoms with E-state index in [0.717, 1.165) is 9.40 Å². The molecule has 0 atom stereocenters. The van der Waals surface area contributed by atoms with Crippen molar-refractivity contribution in [2.45, 2.75) is 0 Å². The van der Waals surface area contributed by atoms with Crippen molar-refractivity contribution in [3.63, 3.8) is 0 Å². The molecule has 0 aliphatic carbocycles. The normalized spacial score (nSPS) is 11.2. The van der Waals surface area contributed by atoms with E-state index in [2.05, 4.69) is 5.32 Å². The number of fused-ring (bicyclic) bond motifs is 2. The van der Waals surface area contributed by atoms with E-state index in [1.54, 1.807) is 54.6 Å². The Morgan fingerprint density at radius 1 is 0.903 bits per heavy atom. The largest absolute Gasteiger partial charge is 0.451 e. The molecule has 0 saturated heterocycles. The van der Waals surface area contributed by atoms with E-state index in [1.807, 2.05) is 6.07 Å². The molecule has 0 unspecified atom stereocenters. The summed E-state index contributed by atoms with van der Waals surface area (Å²) >= 11 is 7.53. The van der Waals surface area contributed by atoms with Crippen molar-refractivity contribution in [3.8, 4) is 11.3 Å². The third-order valence-corrected chi connectivity index (χ3v) is 6.23. The van der Waals surface area contributed by atoms with Crippen molar-refractivity contribution in [2.24, 2.45) is 0 Å². The molecule has 0 saturated carbocycles. The molecule has 0 bridgehead atoms. The fraction of sp³-hybridized carbons (Fsp3) is 0. The monoisotopic (exact) mass is 449 g/mol. The summed E-state index contributed by atoms with van der Waals surface area (Å²) in [6.45, 7) is 0. The summed E-state index contributed by atoms with van der Waals surface area (Å²) in [5, 5.41) is 4.30. The Balaban J connectivity index is 1.45. The molecule has 1 N–H and O–H groups in total. The first-order valence-corrected chi connectivity index (χ1v) is 10.5. The molecule has 2 aromatic heterocycles. The van der Waals surface area contributed by atoms with Crippen molar-refractivity contribution in [1.82, 2.24) is 0 Å². The number of halogens is 2. The zero-order valence-electron chi connectivity index (χ0n) is 15.8. The lowest BCUT2D eigenvalue weighted by Gasteiger charge is -2.06. The SMILES string of the molecule is O=C(Nc1ccc2sc3ccc(Cl)cc3c(=O)c2c1)c1ccc(-c2ccc(F)cc2)o1. The van der Waals surface area contributed by atoms with Gasteiger partial charge < -0.3 is 9.73 Å². The summed E-state index contributed by atoms with van der Waals surface area (Å²) < 4.78 is 20.4. The highest BCUT2D eigenvalue weighted by Gasteiger charge is 2.14. The number of hydrogen-bond acceptors (Lipinski definition) is 4. The maximum Gasteiger partial charge on any atom is 0.291 e. The highest BCUT2D eigenvalue weighted by atomic mass is 35.5. The molecule has 3 aromatic carbocycles. The topological polar surface area (TPSA) is 59.3 Å². The smallest absolute Gasteiger partial charge is 0.291 e. The van der Waals surface area contributed by atoms with Gasteiger partial charge >= 0.3 is 0 Å². The second-order valence-corrected chi connectivity index (χ2v) is 8.43. The van der Waals surface area contributed by atoms with Crippen molar-refractivity contribution in [1.29, 1.82) is 0 Å². The molecule has 0 fully saturated rings. The Bertz CT molecular complexity index is 1520. The second kappa shape index (κ2) is 7.65. The van der Waals surface area contributed by atoms with Crippen molar-refractivity contribution in [2.75, 3.05) is 5.32 Å². The molecule has 2 heterocycles. The molecule has 5 rings (SSSR count). The average molecular weight is 450 g/mol. The molecular weight excluding hydrogens is 437 g/mol. The fourth-order valence-electron chi connectivity index (χ4n) is 3.33. The average Bonchev–Trinajstić information content (AvgIpc) is 3.26. The Morgan fingerprint density at radius 2 is 1.61 bits per heavy atom. The molecule has 0 aliphatic rings. The second-order valence-electron chi connectivity index (χ2n) is 6.91. The summed E-state index contributed by atoms with van der Waals surface area (Å²) in [7, 11) is 0. The predicted octanol–water partition coefficient (Wildman–Crippen LogP) is 6.72. The van der Waals surface area contributed by atoms with Crippen LogP contribution in [0.5, 0.6) is 0 Å². The first-order valence-electron chi connectivity index (χ1n) is 9.31. The van der Waals surface area contributed by atoms with Crippen molar-refractivity contribution in [3.05, 3.63) is 99.6 Å².